The third-order valence-electron chi connectivity index (χ3n) is 5.02. The molecular formula is C15H27NO2S. The monoisotopic (exact) mass is 285 g/mol. The van der Waals surface area contributed by atoms with E-state index in [1.807, 2.05) is 25.6 Å². The van der Waals surface area contributed by atoms with E-state index >= 15 is 0 Å². The summed E-state index contributed by atoms with van der Waals surface area (Å²) in [4.78, 5) is 12.7. The van der Waals surface area contributed by atoms with Crippen molar-refractivity contribution in [1.82, 2.24) is 0 Å². The highest BCUT2D eigenvalue weighted by atomic mass is 32.2. The van der Waals surface area contributed by atoms with Gasteiger partial charge in [-0.2, -0.15) is 11.8 Å². The summed E-state index contributed by atoms with van der Waals surface area (Å²) in [6.07, 6.45) is 5.41. The SMILES string of the molecule is CCC(N)(CC)C(=O)C1CCOC2(CCSCC2)C1. The second kappa shape index (κ2) is 6.15. The van der Waals surface area contributed by atoms with Gasteiger partial charge in [0.05, 0.1) is 11.1 Å². The van der Waals surface area contributed by atoms with Crippen molar-refractivity contribution >= 4 is 17.5 Å². The van der Waals surface area contributed by atoms with Crippen molar-refractivity contribution in [2.24, 2.45) is 11.7 Å². The van der Waals surface area contributed by atoms with E-state index in [9.17, 15) is 4.79 Å². The first-order chi connectivity index (χ1) is 9.05. The van der Waals surface area contributed by atoms with Gasteiger partial charge in [-0.05, 0) is 50.0 Å². The van der Waals surface area contributed by atoms with Crippen LogP contribution >= 0.6 is 11.8 Å². The first-order valence-corrected chi connectivity index (χ1v) is 8.75. The Morgan fingerprint density at radius 3 is 2.58 bits per heavy atom. The third-order valence-corrected chi connectivity index (χ3v) is 6.01. The molecule has 0 bridgehead atoms. The Labute approximate surface area is 121 Å². The van der Waals surface area contributed by atoms with E-state index in [-0.39, 0.29) is 17.3 Å². The molecule has 110 valence electrons. The minimum absolute atomic E-state index is 0.0216. The molecule has 0 aliphatic carbocycles. The molecule has 2 fully saturated rings. The van der Waals surface area contributed by atoms with Crippen molar-refractivity contribution in [2.75, 3.05) is 18.1 Å². The zero-order valence-electron chi connectivity index (χ0n) is 12.2. The molecular weight excluding hydrogens is 258 g/mol. The summed E-state index contributed by atoms with van der Waals surface area (Å²) in [6.45, 7) is 4.77. The van der Waals surface area contributed by atoms with Crippen LogP contribution in [0.1, 0.15) is 52.4 Å². The summed E-state index contributed by atoms with van der Waals surface area (Å²) in [7, 11) is 0. The fraction of sp³-hybridized carbons (Fsp3) is 0.933. The molecule has 3 nitrogen and oxygen atoms in total. The van der Waals surface area contributed by atoms with Gasteiger partial charge in [0.2, 0.25) is 0 Å². The molecule has 0 radical (unpaired) electrons. The normalized spacial score (nSPS) is 27.4. The number of nitrogens with two attached hydrogens (primary N) is 1. The highest BCUT2D eigenvalue weighted by Gasteiger charge is 2.44. The van der Waals surface area contributed by atoms with Crippen molar-refractivity contribution in [2.45, 2.75) is 63.5 Å². The van der Waals surface area contributed by atoms with Crippen molar-refractivity contribution in [3.8, 4) is 0 Å². The van der Waals surface area contributed by atoms with E-state index in [0.29, 0.717) is 0 Å². The molecule has 1 unspecified atom stereocenters. The largest absolute Gasteiger partial charge is 0.375 e. The van der Waals surface area contributed by atoms with Crippen LogP contribution in [0.25, 0.3) is 0 Å². The van der Waals surface area contributed by atoms with Crippen molar-refractivity contribution in [3.63, 3.8) is 0 Å². The van der Waals surface area contributed by atoms with Crippen LogP contribution in [-0.4, -0.2) is 35.0 Å². The zero-order chi connectivity index (χ0) is 13.9. The average molecular weight is 285 g/mol. The topological polar surface area (TPSA) is 52.3 Å². The van der Waals surface area contributed by atoms with Crippen LogP contribution in [0.3, 0.4) is 0 Å². The Morgan fingerprint density at radius 2 is 2.00 bits per heavy atom. The maximum absolute atomic E-state index is 12.7. The maximum Gasteiger partial charge on any atom is 0.155 e. The molecule has 2 heterocycles. The zero-order valence-corrected chi connectivity index (χ0v) is 13.1. The molecule has 2 saturated heterocycles. The first kappa shape index (κ1) is 15.3. The summed E-state index contributed by atoms with van der Waals surface area (Å²) in [5, 5.41) is 0. The van der Waals surface area contributed by atoms with Crippen molar-refractivity contribution in [1.29, 1.82) is 0 Å². The second-order valence-corrected chi connectivity index (χ2v) is 7.29. The fourth-order valence-electron chi connectivity index (χ4n) is 3.35. The van der Waals surface area contributed by atoms with E-state index in [1.54, 1.807) is 0 Å². The number of carbonyl (C=O) groups excluding carboxylic acids is 1. The summed E-state index contributed by atoms with van der Waals surface area (Å²) in [6, 6.07) is 0. The summed E-state index contributed by atoms with van der Waals surface area (Å²) < 4.78 is 6.06. The molecule has 0 aromatic rings. The van der Waals surface area contributed by atoms with Gasteiger partial charge in [-0.25, -0.2) is 0 Å². The lowest BCUT2D eigenvalue weighted by Gasteiger charge is -2.44. The third kappa shape index (κ3) is 3.17. The molecule has 1 atom stereocenters. The lowest BCUT2D eigenvalue weighted by Crippen LogP contribution is -2.53. The molecule has 0 amide bonds. The first-order valence-electron chi connectivity index (χ1n) is 7.60. The Kier molecular flexibility index (Phi) is 4.96. The number of ketones is 1. The summed E-state index contributed by atoms with van der Waals surface area (Å²) in [5.74, 6) is 2.71. The van der Waals surface area contributed by atoms with Crippen molar-refractivity contribution < 1.29 is 9.53 Å². The van der Waals surface area contributed by atoms with Gasteiger partial charge >= 0.3 is 0 Å². The van der Waals surface area contributed by atoms with Gasteiger partial charge in [0.25, 0.3) is 0 Å². The molecule has 0 aromatic heterocycles. The number of hydrogen-bond acceptors (Lipinski definition) is 4. The Bertz CT molecular complexity index is 317. The number of hydrogen-bond donors (Lipinski definition) is 1. The highest BCUT2D eigenvalue weighted by molar-refractivity contribution is 7.99. The number of carbonyl (C=O) groups is 1. The number of Topliss-reactive ketones (excluding diaryl/α,β-unsaturated/α-hetero) is 1. The van der Waals surface area contributed by atoms with Crippen LogP contribution in [0.4, 0.5) is 0 Å². The van der Waals surface area contributed by atoms with Crippen LogP contribution < -0.4 is 5.73 Å². The summed E-state index contributed by atoms with van der Waals surface area (Å²) in [5.41, 5.74) is 5.65. The molecule has 19 heavy (non-hydrogen) atoms. The Hall–Kier alpha value is -0.0600. The van der Waals surface area contributed by atoms with Crippen LogP contribution in [0.15, 0.2) is 0 Å². The quantitative estimate of drug-likeness (QED) is 0.863. The number of ether oxygens (including phenoxy) is 1. The van der Waals surface area contributed by atoms with Crippen LogP contribution in [-0.2, 0) is 9.53 Å². The summed E-state index contributed by atoms with van der Waals surface area (Å²) >= 11 is 2.00. The van der Waals surface area contributed by atoms with Crippen molar-refractivity contribution in [3.05, 3.63) is 0 Å². The lowest BCUT2D eigenvalue weighted by molar-refractivity contribution is -0.143. The van der Waals surface area contributed by atoms with Crippen LogP contribution in [0.5, 0.6) is 0 Å². The smallest absolute Gasteiger partial charge is 0.155 e. The number of thioether (sulfide) groups is 1. The molecule has 0 saturated carbocycles. The highest BCUT2D eigenvalue weighted by Crippen LogP contribution is 2.41. The molecule has 2 aliphatic heterocycles. The van der Waals surface area contributed by atoms with Gasteiger partial charge < -0.3 is 10.5 Å². The van der Waals surface area contributed by atoms with E-state index < -0.39 is 5.54 Å². The minimum atomic E-state index is -0.618. The van der Waals surface area contributed by atoms with Crippen LogP contribution in [0, 0.1) is 5.92 Å². The average Bonchev–Trinajstić information content (AvgIpc) is 2.46. The van der Waals surface area contributed by atoms with E-state index in [2.05, 4.69) is 0 Å². The lowest BCUT2D eigenvalue weighted by atomic mass is 9.74. The maximum atomic E-state index is 12.7. The molecule has 0 aromatic carbocycles. The van der Waals surface area contributed by atoms with Crippen LogP contribution in [0.2, 0.25) is 0 Å². The molecule has 4 heteroatoms. The van der Waals surface area contributed by atoms with Gasteiger partial charge in [-0.3, -0.25) is 4.79 Å². The molecule has 2 aliphatic rings. The molecule has 2 N–H and O–H groups in total. The van der Waals surface area contributed by atoms with Gasteiger partial charge in [-0.1, -0.05) is 13.8 Å². The predicted molar refractivity (Wildman–Crippen MR) is 80.5 cm³/mol. The standard InChI is InChI=1S/C15H27NO2S/c1-3-15(16,4-2)13(17)12-5-8-18-14(11-12)6-9-19-10-7-14/h12H,3-11,16H2,1-2H3. The fourth-order valence-corrected chi connectivity index (χ4v) is 4.59. The van der Waals surface area contributed by atoms with Gasteiger partial charge in [0.1, 0.15) is 0 Å². The molecule has 2 rings (SSSR count). The minimum Gasteiger partial charge on any atom is -0.375 e. The van der Waals surface area contributed by atoms with E-state index in [4.69, 9.17) is 10.5 Å². The van der Waals surface area contributed by atoms with E-state index in [1.165, 1.54) is 0 Å². The predicted octanol–water partition coefficient (Wildman–Crippen LogP) is 2.77. The van der Waals surface area contributed by atoms with Gasteiger partial charge in [0, 0.05) is 12.5 Å². The van der Waals surface area contributed by atoms with Gasteiger partial charge in [-0.15, -0.1) is 0 Å². The second-order valence-electron chi connectivity index (χ2n) is 6.06. The van der Waals surface area contributed by atoms with Gasteiger partial charge in [0.15, 0.2) is 5.78 Å². The number of rotatable bonds is 4. The molecule has 1 spiro atoms. The Morgan fingerprint density at radius 1 is 1.37 bits per heavy atom. The Balaban J connectivity index is 2.06. The van der Waals surface area contributed by atoms with E-state index in [0.717, 1.165) is 56.6 Å².